The number of thiophene rings is 1. The van der Waals surface area contributed by atoms with Crippen LogP contribution in [-0.2, 0) is 24.6 Å². The highest BCUT2D eigenvalue weighted by Crippen LogP contribution is 2.40. The molecule has 0 saturated heterocycles. The van der Waals surface area contributed by atoms with E-state index >= 15 is 0 Å². The standard InChI is InChI=1S/C18H22ClN3O3S/c1-5-25-18(24)13-11-7-6-9(2)8-12(11)26-17(13)20-16(23)15-14(19)10(3)22(4)21-15/h9H,5-8H2,1-4H3,(H,20,23). The molecule has 0 aliphatic heterocycles. The van der Waals surface area contributed by atoms with Crippen molar-refractivity contribution in [2.24, 2.45) is 13.0 Å². The molecule has 0 bridgehead atoms. The highest BCUT2D eigenvalue weighted by Gasteiger charge is 2.30. The number of hydrogen-bond acceptors (Lipinski definition) is 5. The van der Waals surface area contributed by atoms with Crippen LogP contribution in [0, 0.1) is 12.8 Å². The van der Waals surface area contributed by atoms with Gasteiger partial charge in [0, 0.05) is 11.9 Å². The summed E-state index contributed by atoms with van der Waals surface area (Å²) in [5.41, 5.74) is 2.35. The van der Waals surface area contributed by atoms with Crippen LogP contribution in [0.25, 0.3) is 0 Å². The van der Waals surface area contributed by atoms with Crippen LogP contribution < -0.4 is 5.32 Å². The van der Waals surface area contributed by atoms with Crippen LogP contribution in [-0.4, -0.2) is 28.3 Å². The van der Waals surface area contributed by atoms with E-state index in [1.807, 2.05) is 0 Å². The van der Waals surface area contributed by atoms with Gasteiger partial charge in [-0.05, 0) is 44.6 Å². The molecule has 1 aliphatic rings. The largest absolute Gasteiger partial charge is 0.462 e. The van der Waals surface area contributed by atoms with Crippen molar-refractivity contribution in [2.45, 2.75) is 40.0 Å². The van der Waals surface area contributed by atoms with Crippen molar-refractivity contribution in [3.63, 3.8) is 0 Å². The summed E-state index contributed by atoms with van der Waals surface area (Å²) in [7, 11) is 1.73. The molecule has 1 N–H and O–H groups in total. The topological polar surface area (TPSA) is 73.2 Å². The van der Waals surface area contributed by atoms with Crippen LogP contribution in [0.1, 0.15) is 57.2 Å². The Labute approximate surface area is 161 Å². The molecule has 0 aromatic carbocycles. The molecule has 6 nitrogen and oxygen atoms in total. The Kier molecular flexibility index (Phi) is 5.39. The maximum Gasteiger partial charge on any atom is 0.341 e. The Morgan fingerprint density at radius 2 is 2.19 bits per heavy atom. The highest BCUT2D eigenvalue weighted by atomic mass is 35.5. The maximum absolute atomic E-state index is 12.7. The molecule has 3 rings (SSSR count). The van der Waals surface area contributed by atoms with E-state index in [2.05, 4.69) is 17.3 Å². The van der Waals surface area contributed by atoms with Crippen LogP contribution in [0.4, 0.5) is 5.00 Å². The first kappa shape index (κ1) is 18.9. The van der Waals surface area contributed by atoms with Crippen molar-refractivity contribution in [1.29, 1.82) is 0 Å². The zero-order chi connectivity index (χ0) is 19.0. The lowest BCUT2D eigenvalue weighted by molar-refractivity contribution is 0.0526. The number of aryl methyl sites for hydroxylation is 1. The first-order valence-corrected chi connectivity index (χ1v) is 9.85. The van der Waals surface area contributed by atoms with E-state index in [0.717, 1.165) is 29.7 Å². The predicted octanol–water partition coefficient (Wildman–Crippen LogP) is 4.00. The SMILES string of the molecule is CCOC(=O)c1c(NC(=O)c2nn(C)c(C)c2Cl)sc2c1CCC(C)C2. The molecule has 1 unspecified atom stereocenters. The van der Waals surface area contributed by atoms with Crippen LogP contribution >= 0.6 is 22.9 Å². The first-order chi connectivity index (χ1) is 12.3. The Morgan fingerprint density at radius 3 is 2.81 bits per heavy atom. The van der Waals surface area contributed by atoms with Gasteiger partial charge in [-0.25, -0.2) is 4.79 Å². The van der Waals surface area contributed by atoms with Gasteiger partial charge < -0.3 is 10.1 Å². The van der Waals surface area contributed by atoms with E-state index < -0.39 is 11.9 Å². The summed E-state index contributed by atoms with van der Waals surface area (Å²) in [5.74, 6) is -0.248. The second kappa shape index (κ2) is 7.40. The van der Waals surface area contributed by atoms with Gasteiger partial charge in [0.1, 0.15) is 5.00 Å². The fourth-order valence-corrected chi connectivity index (χ4v) is 4.79. The summed E-state index contributed by atoms with van der Waals surface area (Å²) in [6, 6.07) is 0. The molecule has 2 heterocycles. The number of rotatable bonds is 4. The molecule has 1 aliphatic carbocycles. The molecule has 0 spiro atoms. The second-order valence-corrected chi connectivity index (χ2v) is 8.09. The Morgan fingerprint density at radius 1 is 1.46 bits per heavy atom. The summed E-state index contributed by atoms with van der Waals surface area (Å²) >= 11 is 7.66. The van der Waals surface area contributed by atoms with Crippen LogP contribution in [0.2, 0.25) is 5.02 Å². The Hall–Kier alpha value is -1.86. The van der Waals surface area contributed by atoms with Gasteiger partial charge in [-0.2, -0.15) is 5.10 Å². The summed E-state index contributed by atoms with van der Waals surface area (Å²) < 4.78 is 6.78. The van der Waals surface area contributed by atoms with Gasteiger partial charge in [-0.15, -0.1) is 11.3 Å². The number of nitrogens with zero attached hydrogens (tertiary/aromatic N) is 2. The monoisotopic (exact) mass is 395 g/mol. The average Bonchev–Trinajstić information content (AvgIpc) is 3.06. The van der Waals surface area contributed by atoms with Crippen molar-refractivity contribution in [1.82, 2.24) is 9.78 Å². The van der Waals surface area contributed by atoms with Crippen molar-refractivity contribution in [3.8, 4) is 0 Å². The zero-order valence-corrected chi connectivity index (χ0v) is 16.9. The number of aromatic nitrogens is 2. The summed E-state index contributed by atoms with van der Waals surface area (Å²) in [5, 5.41) is 7.85. The van der Waals surface area contributed by atoms with E-state index in [0.29, 0.717) is 33.8 Å². The summed E-state index contributed by atoms with van der Waals surface area (Å²) in [6.45, 7) is 6.05. The minimum atomic E-state index is -0.420. The third kappa shape index (κ3) is 3.38. The first-order valence-electron chi connectivity index (χ1n) is 8.65. The molecule has 0 fully saturated rings. The van der Waals surface area contributed by atoms with Crippen molar-refractivity contribution < 1.29 is 14.3 Å². The van der Waals surface area contributed by atoms with E-state index in [1.165, 1.54) is 11.3 Å². The number of ether oxygens (including phenoxy) is 1. The van der Waals surface area contributed by atoms with Crippen molar-refractivity contribution >= 4 is 39.8 Å². The van der Waals surface area contributed by atoms with Crippen molar-refractivity contribution in [3.05, 3.63) is 32.4 Å². The molecular weight excluding hydrogens is 374 g/mol. The number of esters is 1. The normalized spacial score (nSPS) is 16.3. The Bertz CT molecular complexity index is 872. The number of amides is 1. The number of carbonyl (C=O) groups is 2. The fourth-order valence-electron chi connectivity index (χ4n) is 3.15. The number of halogens is 1. The molecule has 8 heteroatoms. The minimum Gasteiger partial charge on any atom is -0.462 e. The predicted molar refractivity (Wildman–Crippen MR) is 102 cm³/mol. The molecule has 0 saturated carbocycles. The molecule has 2 aromatic rings. The van der Waals surface area contributed by atoms with E-state index in [4.69, 9.17) is 16.3 Å². The number of anilines is 1. The van der Waals surface area contributed by atoms with Crippen LogP contribution in [0.15, 0.2) is 0 Å². The quantitative estimate of drug-likeness (QED) is 0.794. The van der Waals surface area contributed by atoms with Gasteiger partial charge in [0.15, 0.2) is 5.69 Å². The van der Waals surface area contributed by atoms with E-state index in [9.17, 15) is 9.59 Å². The fraction of sp³-hybridized carbons (Fsp3) is 0.500. The van der Waals surface area contributed by atoms with Crippen LogP contribution in [0.5, 0.6) is 0 Å². The lowest BCUT2D eigenvalue weighted by Crippen LogP contribution is -2.17. The van der Waals surface area contributed by atoms with Gasteiger partial charge in [-0.3, -0.25) is 9.48 Å². The highest BCUT2D eigenvalue weighted by molar-refractivity contribution is 7.17. The van der Waals surface area contributed by atoms with Crippen LogP contribution in [0.3, 0.4) is 0 Å². The molecule has 2 aromatic heterocycles. The molecule has 0 radical (unpaired) electrons. The lowest BCUT2D eigenvalue weighted by atomic mass is 9.88. The molecule has 140 valence electrons. The lowest BCUT2D eigenvalue weighted by Gasteiger charge is -2.18. The average molecular weight is 396 g/mol. The summed E-state index contributed by atoms with van der Waals surface area (Å²) in [6.07, 6.45) is 2.75. The van der Waals surface area contributed by atoms with Gasteiger partial charge in [0.05, 0.1) is 22.9 Å². The van der Waals surface area contributed by atoms with E-state index in [1.54, 1.807) is 25.6 Å². The number of fused-ring (bicyclic) bond motifs is 1. The number of carbonyl (C=O) groups excluding carboxylic acids is 2. The molecular formula is C18H22ClN3O3S. The maximum atomic E-state index is 12.7. The van der Waals surface area contributed by atoms with Gasteiger partial charge in [0.25, 0.3) is 5.91 Å². The molecule has 1 atom stereocenters. The van der Waals surface area contributed by atoms with Gasteiger partial charge >= 0.3 is 5.97 Å². The molecule has 1 amide bonds. The summed E-state index contributed by atoms with van der Waals surface area (Å²) in [4.78, 5) is 26.3. The smallest absolute Gasteiger partial charge is 0.341 e. The van der Waals surface area contributed by atoms with Gasteiger partial charge in [0.2, 0.25) is 0 Å². The number of hydrogen-bond donors (Lipinski definition) is 1. The van der Waals surface area contributed by atoms with E-state index in [-0.39, 0.29) is 5.69 Å². The third-order valence-electron chi connectivity index (χ3n) is 4.69. The van der Waals surface area contributed by atoms with Crippen molar-refractivity contribution in [2.75, 3.05) is 11.9 Å². The zero-order valence-electron chi connectivity index (χ0n) is 15.3. The Balaban J connectivity index is 1.97. The third-order valence-corrected chi connectivity index (χ3v) is 6.32. The van der Waals surface area contributed by atoms with Gasteiger partial charge in [-0.1, -0.05) is 18.5 Å². The second-order valence-electron chi connectivity index (χ2n) is 6.60. The number of nitrogens with one attached hydrogen (secondary N) is 1. The molecule has 26 heavy (non-hydrogen) atoms. The minimum absolute atomic E-state index is 0.154.